The molecule has 0 aromatic heterocycles. The van der Waals surface area contributed by atoms with E-state index in [0.29, 0.717) is 18.0 Å². The van der Waals surface area contributed by atoms with Gasteiger partial charge in [-0.1, -0.05) is 13.8 Å². The Morgan fingerprint density at radius 1 is 0.950 bits per heavy atom. The number of nitrogens with two attached hydrogens (primary N) is 1. The maximum atomic E-state index is 11.6. The maximum absolute atomic E-state index is 11.6. The molecule has 1 unspecified atom stereocenters. The lowest BCUT2D eigenvalue weighted by atomic mass is 10.1. The van der Waals surface area contributed by atoms with Gasteiger partial charge in [-0.3, -0.25) is 9.59 Å². The zero-order valence-corrected chi connectivity index (χ0v) is 12.3. The summed E-state index contributed by atoms with van der Waals surface area (Å²) in [5.41, 5.74) is 6.97. The van der Waals surface area contributed by atoms with E-state index in [-0.39, 0.29) is 24.3 Å². The van der Waals surface area contributed by atoms with Gasteiger partial charge in [-0.15, -0.1) is 0 Å². The van der Waals surface area contributed by atoms with Crippen LogP contribution < -0.4 is 16.4 Å². The summed E-state index contributed by atoms with van der Waals surface area (Å²) in [4.78, 5) is 23.2. The lowest BCUT2D eigenvalue weighted by molar-refractivity contribution is -0.117. The quantitative estimate of drug-likeness (QED) is 0.746. The Hall–Kier alpha value is -1.88. The Morgan fingerprint density at radius 2 is 1.35 bits per heavy atom. The fraction of sp³-hybridized carbons (Fsp3) is 0.467. The van der Waals surface area contributed by atoms with Gasteiger partial charge in [0.15, 0.2) is 0 Å². The number of hydrogen-bond donors (Lipinski definition) is 3. The average molecular weight is 277 g/mol. The predicted molar refractivity (Wildman–Crippen MR) is 81.4 cm³/mol. The van der Waals surface area contributed by atoms with Crippen molar-refractivity contribution in [3.05, 3.63) is 24.3 Å². The number of carbonyl (C=O) groups is 2. The van der Waals surface area contributed by atoms with Crippen molar-refractivity contribution in [3.8, 4) is 0 Å². The van der Waals surface area contributed by atoms with Gasteiger partial charge >= 0.3 is 0 Å². The number of amides is 2. The van der Waals surface area contributed by atoms with E-state index in [4.69, 9.17) is 5.73 Å². The van der Waals surface area contributed by atoms with Gasteiger partial charge in [0.2, 0.25) is 11.8 Å². The number of hydrogen-bond acceptors (Lipinski definition) is 3. The minimum Gasteiger partial charge on any atom is -0.327 e. The zero-order chi connectivity index (χ0) is 15.1. The SMILES string of the molecule is CC(C)CC(=O)Nc1ccc(NC(=O)CC(C)N)cc1. The van der Waals surface area contributed by atoms with Crippen molar-refractivity contribution >= 4 is 23.2 Å². The average Bonchev–Trinajstić information content (AvgIpc) is 2.29. The first kappa shape index (κ1) is 16.2. The minimum atomic E-state index is -0.162. The summed E-state index contributed by atoms with van der Waals surface area (Å²) in [7, 11) is 0. The lowest BCUT2D eigenvalue weighted by Gasteiger charge is -2.09. The number of carbonyl (C=O) groups excluding carboxylic acids is 2. The van der Waals surface area contributed by atoms with E-state index in [1.807, 2.05) is 13.8 Å². The largest absolute Gasteiger partial charge is 0.327 e. The minimum absolute atomic E-state index is 0.00579. The van der Waals surface area contributed by atoms with Gasteiger partial charge in [0.1, 0.15) is 0 Å². The van der Waals surface area contributed by atoms with E-state index in [2.05, 4.69) is 10.6 Å². The number of benzene rings is 1. The van der Waals surface area contributed by atoms with Crippen LogP contribution >= 0.6 is 0 Å². The molecule has 1 atom stereocenters. The maximum Gasteiger partial charge on any atom is 0.225 e. The molecule has 0 spiro atoms. The molecule has 20 heavy (non-hydrogen) atoms. The molecular formula is C15H23N3O2. The van der Waals surface area contributed by atoms with E-state index in [9.17, 15) is 9.59 Å². The summed E-state index contributed by atoms with van der Waals surface area (Å²) < 4.78 is 0. The first-order valence-corrected chi connectivity index (χ1v) is 6.82. The van der Waals surface area contributed by atoms with Gasteiger partial charge in [-0.05, 0) is 37.1 Å². The Morgan fingerprint density at radius 3 is 1.70 bits per heavy atom. The Bertz CT molecular complexity index is 410. The highest BCUT2D eigenvalue weighted by atomic mass is 16.2. The zero-order valence-electron chi connectivity index (χ0n) is 12.3. The van der Waals surface area contributed by atoms with Gasteiger partial charge in [-0.2, -0.15) is 0 Å². The molecule has 0 aliphatic heterocycles. The van der Waals surface area contributed by atoms with Gasteiger partial charge < -0.3 is 16.4 Å². The van der Waals surface area contributed by atoms with Crippen LogP contribution in [0.2, 0.25) is 0 Å². The molecule has 0 bridgehead atoms. The van der Waals surface area contributed by atoms with Crippen LogP contribution in [0.3, 0.4) is 0 Å². The highest BCUT2D eigenvalue weighted by Gasteiger charge is 2.07. The van der Waals surface area contributed by atoms with Crippen molar-refractivity contribution in [1.29, 1.82) is 0 Å². The van der Waals surface area contributed by atoms with E-state index >= 15 is 0 Å². The van der Waals surface area contributed by atoms with Crippen LogP contribution in [0.5, 0.6) is 0 Å². The van der Waals surface area contributed by atoms with Gasteiger partial charge in [0.25, 0.3) is 0 Å². The third-order valence-electron chi connectivity index (χ3n) is 2.55. The van der Waals surface area contributed by atoms with E-state index in [1.54, 1.807) is 31.2 Å². The number of anilines is 2. The van der Waals surface area contributed by atoms with Crippen molar-refractivity contribution in [3.63, 3.8) is 0 Å². The van der Waals surface area contributed by atoms with Crippen LogP contribution in [0, 0.1) is 5.92 Å². The predicted octanol–water partition coefficient (Wildman–Crippen LogP) is 2.35. The van der Waals surface area contributed by atoms with Gasteiger partial charge in [0, 0.05) is 30.3 Å². The first-order valence-electron chi connectivity index (χ1n) is 6.82. The number of nitrogens with one attached hydrogen (secondary N) is 2. The van der Waals surface area contributed by atoms with Crippen molar-refractivity contribution in [2.75, 3.05) is 10.6 Å². The fourth-order valence-electron chi connectivity index (χ4n) is 1.72. The van der Waals surface area contributed by atoms with Crippen molar-refractivity contribution in [2.24, 2.45) is 11.7 Å². The van der Waals surface area contributed by atoms with Crippen LogP contribution in [0.25, 0.3) is 0 Å². The molecule has 1 rings (SSSR count). The third kappa shape index (κ3) is 6.33. The Labute approximate surface area is 119 Å². The second-order valence-corrected chi connectivity index (χ2v) is 5.45. The highest BCUT2D eigenvalue weighted by molar-refractivity contribution is 5.93. The number of rotatable bonds is 6. The molecule has 0 saturated carbocycles. The topological polar surface area (TPSA) is 84.2 Å². The molecule has 5 nitrogen and oxygen atoms in total. The van der Waals surface area contributed by atoms with Crippen LogP contribution in [-0.4, -0.2) is 17.9 Å². The summed E-state index contributed by atoms with van der Waals surface area (Å²) >= 11 is 0. The molecule has 110 valence electrons. The van der Waals surface area contributed by atoms with Crippen molar-refractivity contribution in [1.82, 2.24) is 0 Å². The molecule has 0 radical (unpaired) electrons. The molecule has 5 heteroatoms. The van der Waals surface area contributed by atoms with Crippen LogP contribution in [-0.2, 0) is 9.59 Å². The van der Waals surface area contributed by atoms with E-state index in [1.165, 1.54) is 0 Å². The van der Waals surface area contributed by atoms with Crippen LogP contribution in [0.4, 0.5) is 11.4 Å². The van der Waals surface area contributed by atoms with E-state index < -0.39 is 0 Å². The molecule has 1 aromatic rings. The summed E-state index contributed by atoms with van der Waals surface area (Å²) in [6.45, 7) is 5.78. The first-order chi connectivity index (χ1) is 9.36. The molecule has 0 aliphatic rings. The Kier molecular flexibility index (Phi) is 6.18. The molecule has 1 aromatic carbocycles. The van der Waals surface area contributed by atoms with E-state index in [0.717, 1.165) is 5.69 Å². The molecule has 0 aliphatic carbocycles. The summed E-state index contributed by atoms with van der Waals surface area (Å²) in [5.74, 6) is 0.206. The molecule has 4 N–H and O–H groups in total. The second-order valence-electron chi connectivity index (χ2n) is 5.45. The third-order valence-corrected chi connectivity index (χ3v) is 2.55. The molecule has 2 amide bonds. The summed E-state index contributed by atoms with van der Waals surface area (Å²) in [5, 5.41) is 5.57. The van der Waals surface area contributed by atoms with Gasteiger partial charge in [0.05, 0.1) is 0 Å². The molecule has 0 heterocycles. The normalized spacial score (nSPS) is 12.1. The van der Waals surface area contributed by atoms with Crippen molar-refractivity contribution < 1.29 is 9.59 Å². The van der Waals surface area contributed by atoms with Crippen LogP contribution in [0.1, 0.15) is 33.6 Å². The lowest BCUT2D eigenvalue weighted by Crippen LogP contribution is -2.23. The summed E-state index contributed by atoms with van der Waals surface area (Å²) in [6, 6.07) is 6.87. The Balaban J connectivity index is 2.52. The molecule has 0 fully saturated rings. The summed E-state index contributed by atoms with van der Waals surface area (Å²) in [6.07, 6.45) is 0.778. The van der Waals surface area contributed by atoms with Crippen molar-refractivity contribution in [2.45, 2.75) is 39.7 Å². The highest BCUT2D eigenvalue weighted by Crippen LogP contribution is 2.14. The molecule has 0 saturated heterocycles. The standard InChI is InChI=1S/C15H23N3O2/c1-10(2)8-14(19)17-12-4-6-13(7-5-12)18-15(20)9-11(3)16/h4-7,10-11H,8-9,16H2,1-3H3,(H,17,19)(H,18,20). The molecular weight excluding hydrogens is 254 g/mol. The van der Waals surface area contributed by atoms with Crippen LogP contribution in [0.15, 0.2) is 24.3 Å². The second kappa shape index (κ2) is 7.65. The monoisotopic (exact) mass is 277 g/mol. The fourth-order valence-corrected chi connectivity index (χ4v) is 1.72. The smallest absolute Gasteiger partial charge is 0.225 e. The van der Waals surface area contributed by atoms with Gasteiger partial charge in [-0.25, -0.2) is 0 Å².